The van der Waals surface area contributed by atoms with Gasteiger partial charge in [0.05, 0.1) is 0 Å². The van der Waals surface area contributed by atoms with Crippen LogP contribution >= 0.6 is 0 Å². The van der Waals surface area contributed by atoms with Gasteiger partial charge in [-0.05, 0) is 11.1 Å². The van der Waals surface area contributed by atoms with Crippen LogP contribution in [0.25, 0.3) is 0 Å². The standard InChI is InChI=1S/C20H18O4/c21-19-11-12-20(22)24-18(14-16-9-5-2-6-10-16)17(23-19)13-15-7-3-1-4-8-15/h1-12,17-18H,13-14H2. The van der Waals surface area contributed by atoms with Gasteiger partial charge in [-0.15, -0.1) is 0 Å². The Labute approximate surface area is 140 Å². The fourth-order valence-electron chi connectivity index (χ4n) is 2.70. The highest BCUT2D eigenvalue weighted by Gasteiger charge is 2.30. The van der Waals surface area contributed by atoms with Gasteiger partial charge in [0, 0.05) is 25.0 Å². The second-order valence-electron chi connectivity index (χ2n) is 5.66. The van der Waals surface area contributed by atoms with Gasteiger partial charge < -0.3 is 9.47 Å². The Morgan fingerprint density at radius 1 is 0.625 bits per heavy atom. The Kier molecular flexibility index (Phi) is 5.06. The van der Waals surface area contributed by atoms with Crippen molar-refractivity contribution in [2.75, 3.05) is 0 Å². The van der Waals surface area contributed by atoms with Crippen molar-refractivity contribution in [3.8, 4) is 0 Å². The Bertz CT molecular complexity index is 658. The van der Waals surface area contributed by atoms with Gasteiger partial charge in [-0.1, -0.05) is 60.7 Å². The van der Waals surface area contributed by atoms with E-state index in [1.807, 2.05) is 60.7 Å². The summed E-state index contributed by atoms with van der Waals surface area (Å²) in [5.74, 6) is -1.05. The number of esters is 2. The van der Waals surface area contributed by atoms with E-state index in [1.165, 1.54) is 0 Å². The maximum Gasteiger partial charge on any atom is 0.331 e. The normalized spacial score (nSPS) is 20.7. The van der Waals surface area contributed by atoms with Crippen LogP contribution in [0, 0.1) is 0 Å². The molecule has 24 heavy (non-hydrogen) atoms. The lowest BCUT2D eigenvalue weighted by Gasteiger charge is -2.28. The molecule has 0 amide bonds. The number of carbonyl (C=O) groups excluding carboxylic acids is 2. The summed E-state index contributed by atoms with van der Waals surface area (Å²) in [5, 5.41) is 0. The van der Waals surface area contributed by atoms with Crippen LogP contribution in [0.2, 0.25) is 0 Å². The molecule has 0 bridgehead atoms. The summed E-state index contributed by atoms with van der Waals surface area (Å²) in [6, 6.07) is 19.4. The SMILES string of the molecule is O=C1C=CC(=O)OC(Cc2ccccc2)C(Cc2ccccc2)O1. The molecule has 3 rings (SSSR count). The molecule has 1 aliphatic rings. The molecule has 1 aliphatic heterocycles. The van der Waals surface area contributed by atoms with Crippen LogP contribution in [-0.4, -0.2) is 24.1 Å². The van der Waals surface area contributed by atoms with Crippen molar-refractivity contribution < 1.29 is 19.1 Å². The van der Waals surface area contributed by atoms with Crippen molar-refractivity contribution in [2.24, 2.45) is 0 Å². The number of hydrogen-bond acceptors (Lipinski definition) is 4. The van der Waals surface area contributed by atoms with Crippen LogP contribution < -0.4 is 0 Å². The molecule has 0 aromatic heterocycles. The van der Waals surface area contributed by atoms with Gasteiger partial charge in [-0.25, -0.2) is 9.59 Å². The van der Waals surface area contributed by atoms with Crippen molar-refractivity contribution in [3.63, 3.8) is 0 Å². The molecule has 0 saturated heterocycles. The van der Waals surface area contributed by atoms with Crippen molar-refractivity contribution in [1.29, 1.82) is 0 Å². The molecule has 0 radical (unpaired) electrons. The molecule has 0 N–H and O–H groups in total. The minimum atomic E-state index is -0.533. The lowest BCUT2D eigenvalue weighted by Crippen LogP contribution is -2.39. The summed E-state index contributed by atoms with van der Waals surface area (Å²) < 4.78 is 11.1. The minimum absolute atomic E-state index is 0.491. The van der Waals surface area contributed by atoms with E-state index in [9.17, 15) is 9.59 Å². The zero-order chi connectivity index (χ0) is 16.8. The van der Waals surface area contributed by atoms with Crippen molar-refractivity contribution in [2.45, 2.75) is 25.0 Å². The first-order valence-corrected chi connectivity index (χ1v) is 7.88. The lowest BCUT2D eigenvalue weighted by atomic mass is 9.98. The third-order valence-electron chi connectivity index (χ3n) is 3.86. The van der Waals surface area contributed by atoms with Crippen LogP contribution in [0.15, 0.2) is 72.8 Å². The molecule has 0 aliphatic carbocycles. The Morgan fingerprint density at radius 2 is 1.00 bits per heavy atom. The molecule has 2 aromatic carbocycles. The van der Waals surface area contributed by atoms with E-state index < -0.39 is 24.1 Å². The third-order valence-corrected chi connectivity index (χ3v) is 3.86. The summed E-state index contributed by atoms with van der Waals surface area (Å²) in [7, 11) is 0. The van der Waals surface area contributed by atoms with Crippen LogP contribution in [0.4, 0.5) is 0 Å². The Balaban J connectivity index is 1.84. The number of rotatable bonds is 4. The molecular weight excluding hydrogens is 304 g/mol. The van der Waals surface area contributed by atoms with Crippen molar-refractivity contribution in [3.05, 3.63) is 83.9 Å². The molecule has 2 aromatic rings. The first-order chi connectivity index (χ1) is 11.7. The zero-order valence-corrected chi connectivity index (χ0v) is 13.1. The summed E-state index contributed by atoms with van der Waals surface area (Å²) in [6.45, 7) is 0. The zero-order valence-electron chi connectivity index (χ0n) is 13.1. The fourth-order valence-corrected chi connectivity index (χ4v) is 2.70. The first-order valence-electron chi connectivity index (χ1n) is 7.88. The predicted molar refractivity (Wildman–Crippen MR) is 89.2 cm³/mol. The molecule has 0 spiro atoms. The van der Waals surface area contributed by atoms with E-state index in [4.69, 9.17) is 9.47 Å². The second-order valence-corrected chi connectivity index (χ2v) is 5.66. The monoisotopic (exact) mass is 322 g/mol. The maximum atomic E-state index is 11.9. The van der Waals surface area contributed by atoms with Gasteiger partial charge in [-0.3, -0.25) is 0 Å². The molecule has 0 fully saturated rings. The number of cyclic esters (lactones) is 2. The summed E-state index contributed by atoms with van der Waals surface area (Å²) in [6.07, 6.45) is 2.14. The topological polar surface area (TPSA) is 52.6 Å². The molecule has 2 atom stereocenters. The van der Waals surface area contributed by atoms with Gasteiger partial charge in [0.25, 0.3) is 0 Å². The quantitative estimate of drug-likeness (QED) is 0.812. The third kappa shape index (κ3) is 4.32. The molecule has 2 unspecified atom stereocenters. The van der Waals surface area contributed by atoms with Gasteiger partial charge in [0.15, 0.2) is 0 Å². The maximum absolute atomic E-state index is 11.9. The molecule has 4 nitrogen and oxygen atoms in total. The highest BCUT2D eigenvalue weighted by molar-refractivity contribution is 5.92. The van der Waals surface area contributed by atoms with Gasteiger partial charge in [0.1, 0.15) is 12.2 Å². The minimum Gasteiger partial charge on any atom is -0.455 e. The fraction of sp³-hybridized carbons (Fsp3) is 0.200. The molecule has 4 heteroatoms. The van der Waals surface area contributed by atoms with Gasteiger partial charge in [0.2, 0.25) is 0 Å². The van der Waals surface area contributed by atoms with E-state index in [0.717, 1.165) is 23.3 Å². The summed E-state index contributed by atoms with van der Waals surface area (Å²) >= 11 is 0. The summed E-state index contributed by atoms with van der Waals surface area (Å²) in [4.78, 5) is 23.7. The number of hydrogen-bond donors (Lipinski definition) is 0. The van der Waals surface area contributed by atoms with E-state index in [2.05, 4.69) is 0 Å². The molecular formula is C20H18O4. The van der Waals surface area contributed by atoms with E-state index in [1.54, 1.807) is 0 Å². The average Bonchev–Trinajstić information content (AvgIpc) is 2.60. The van der Waals surface area contributed by atoms with Crippen molar-refractivity contribution in [1.82, 2.24) is 0 Å². The smallest absolute Gasteiger partial charge is 0.331 e. The molecule has 1 heterocycles. The molecule has 0 saturated carbocycles. The van der Waals surface area contributed by atoms with E-state index in [-0.39, 0.29) is 0 Å². The Hall–Kier alpha value is -2.88. The van der Waals surface area contributed by atoms with E-state index >= 15 is 0 Å². The average molecular weight is 322 g/mol. The number of carbonyl (C=O) groups is 2. The summed E-state index contributed by atoms with van der Waals surface area (Å²) in [5.41, 5.74) is 2.04. The highest BCUT2D eigenvalue weighted by atomic mass is 16.6. The molecule has 122 valence electrons. The predicted octanol–water partition coefficient (Wildman–Crippen LogP) is 2.87. The van der Waals surface area contributed by atoms with Crippen LogP contribution in [-0.2, 0) is 31.9 Å². The van der Waals surface area contributed by atoms with Crippen LogP contribution in [0.5, 0.6) is 0 Å². The van der Waals surface area contributed by atoms with Gasteiger partial charge in [-0.2, -0.15) is 0 Å². The number of benzene rings is 2. The van der Waals surface area contributed by atoms with Gasteiger partial charge >= 0.3 is 11.9 Å². The van der Waals surface area contributed by atoms with Crippen molar-refractivity contribution >= 4 is 11.9 Å². The first kappa shape index (κ1) is 16.0. The largest absolute Gasteiger partial charge is 0.455 e. The lowest BCUT2D eigenvalue weighted by molar-refractivity contribution is -0.163. The van der Waals surface area contributed by atoms with E-state index in [0.29, 0.717) is 12.8 Å². The second kappa shape index (κ2) is 7.59. The highest BCUT2D eigenvalue weighted by Crippen LogP contribution is 2.19. The van der Waals surface area contributed by atoms with Crippen LogP contribution in [0.3, 0.4) is 0 Å². The van der Waals surface area contributed by atoms with Crippen LogP contribution in [0.1, 0.15) is 11.1 Å². The Morgan fingerprint density at radius 3 is 1.38 bits per heavy atom. The number of ether oxygens (including phenoxy) is 2.